The van der Waals surface area contributed by atoms with E-state index < -0.39 is 0 Å². The summed E-state index contributed by atoms with van der Waals surface area (Å²) in [6.45, 7) is 6.05. The van der Waals surface area contributed by atoms with Crippen LogP contribution in [-0.2, 0) is 0 Å². The van der Waals surface area contributed by atoms with Gasteiger partial charge in [0.2, 0.25) is 0 Å². The molecule has 1 aliphatic heterocycles. The molecule has 1 saturated heterocycles. The van der Waals surface area contributed by atoms with E-state index >= 15 is 0 Å². The van der Waals surface area contributed by atoms with Gasteiger partial charge < -0.3 is 16.0 Å². The molecule has 3 heterocycles. The number of imidazole rings is 1. The van der Waals surface area contributed by atoms with Crippen molar-refractivity contribution >= 4 is 29.1 Å². The first-order valence-electron chi connectivity index (χ1n) is 11.9. The first-order valence-corrected chi connectivity index (χ1v) is 12.3. The summed E-state index contributed by atoms with van der Waals surface area (Å²) in [6, 6.07) is 13.1. The van der Waals surface area contributed by atoms with Gasteiger partial charge in [0.25, 0.3) is 11.8 Å². The van der Waals surface area contributed by atoms with E-state index in [1.807, 2.05) is 24.3 Å². The molecule has 0 saturated carbocycles. The lowest BCUT2D eigenvalue weighted by molar-refractivity contribution is 0.0703. The molecule has 0 spiro atoms. The Bertz CT molecular complexity index is 1160. The molecular formula is C26H32ClN5O2. The predicted molar refractivity (Wildman–Crippen MR) is 134 cm³/mol. The third-order valence-electron chi connectivity index (χ3n) is 6.30. The standard InChI is InChI=1S/C26H32ClN5O2/c1-17(2)13-19(18-8-10-20(27)11-9-18)14-29-25(33)23-6-3-7-24-30-22(16-32(23)24)26(34)31-12-4-5-21(28)15-31/h3,6-11,16-17,19,21H,4-5,12-15,28H2,1-2H3,(H,29,33)/t19?,21-/m1/s1. The van der Waals surface area contributed by atoms with Crippen molar-refractivity contribution in [2.75, 3.05) is 19.6 Å². The minimum absolute atomic E-state index is 0.00417. The van der Waals surface area contributed by atoms with E-state index in [-0.39, 0.29) is 23.8 Å². The molecule has 3 aromatic rings. The summed E-state index contributed by atoms with van der Waals surface area (Å²) in [5.41, 5.74) is 8.52. The fourth-order valence-corrected chi connectivity index (χ4v) is 4.73. The highest BCUT2D eigenvalue weighted by molar-refractivity contribution is 6.30. The lowest BCUT2D eigenvalue weighted by Gasteiger charge is -2.30. The lowest BCUT2D eigenvalue weighted by atomic mass is 9.90. The average Bonchev–Trinajstić information content (AvgIpc) is 3.26. The Morgan fingerprint density at radius 1 is 1.21 bits per heavy atom. The molecule has 0 bridgehead atoms. The van der Waals surface area contributed by atoms with E-state index in [0.717, 1.165) is 24.8 Å². The molecule has 3 N–H and O–H groups in total. The van der Waals surface area contributed by atoms with Gasteiger partial charge in [0.1, 0.15) is 17.0 Å². The summed E-state index contributed by atoms with van der Waals surface area (Å²) >= 11 is 6.05. The Morgan fingerprint density at radius 2 is 1.97 bits per heavy atom. The van der Waals surface area contributed by atoms with Crippen LogP contribution in [0.2, 0.25) is 5.02 Å². The molecule has 1 fully saturated rings. The van der Waals surface area contributed by atoms with Crippen LogP contribution in [0.25, 0.3) is 5.65 Å². The van der Waals surface area contributed by atoms with E-state index in [9.17, 15) is 9.59 Å². The van der Waals surface area contributed by atoms with Crippen LogP contribution in [0.4, 0.5) is 0 Å². The highest BCUT2D eigenvalue weighted by atomic mass is 35.5. The van der Waals surface area contributed by atoms with Crippen LogP contribution in [0.15, 0.2) is 48.7 Å². The third-order valence-corrected chi connectivity index (χ3v) is 6.55. The zero-order valence-electron chi connectivity index (χ0n) is 19.7. The normalized spacial score (nSPS) is 17.2. The zero-order chi connectivity index (χ0) is 24.2. The Labute approximate surface area is 205 Å². The van der Waals surface area contributed by atoms with Crippen molar-refractivity contribution in [3.05, 3.63) is 70.6 Å². The van der Waals surface area contributed by atoms with Crippen molar-refractivity contribution < 1.29 is 9.59 Å². The number of aromatic nitrogens is 2. The monoisotopic (exact) mass is 481 g/mol. The van der Waals surface area contributed by atoms with E-state index in [2.05, 4.69) is 24.1 Å². The Kier molecular flexibility index (Phi) is 7.54. The van der Waals surface area contributed by atoms with Gasteiger partial charge >= 0.3 is 0 Å². The van der Waals surface area contributed by atoms with Gasteiger partial charge in [0, 0.05) is 42.8 Å². The van der Waals surface area contributed by atoms with Crippen LogP contribution < -0.4 is 11.1 Å². The number of nitrogens with zero attached hydrogens (tertiary/aromatic N) is 3. The maximum Gasteiger partial charge on any atom is 0.274 e. The number of nitrogens with two attached hydrogens (primary N) is 1. The number of hydrogen-bond acceptors (Lipinski definition) is 4. The van der Waals surface area contributed by atoms with Gasteiger partial charge in [-0.15, -0.1) is 0 Å². The number of nitrogens with one attached hydrogen (secondary N) is 1. The SMILES string of the molecule is CC(C)CC(CNC(=O)c1cccc2nc(C(=O)N3CCC[C@@H](N)C3)cn12)c1ccc(Cl)cc1. The number of likely N-dealkylation sites (tertiary alicyclic amines) is 1. The van der Waals surface area contributed by atoms with Gasteiger partial charge in [-0.05, 0) is 55.0 Å². The molecule has 34 heavy (non-hydrogen) atoms. The maximum absolute atomic E-state index is 13.2. The van der Waals surface area contributed by atoms with Gasteiger partial charge in [-0.2, -0.15) is 0 Å². The van der Waals surface area contributed by atoms with Crippen molar-refractivity contribution in [1.82, 2.24) is 19.6 Å². The summed E-state index contributed by atoms with van der Waals surface area (Å²) < 4.78 is 1.69. The number of fused-ring (bicyclic) bond motifs is 1. The van der Waals surface area contributed by atoms with Crippen molar-refractivity contribution in [3.63, 3.8) is 0 Å². The quantitative estimate of drug-likeness (QED) is 0.531. The number of carbonyl (C=O) groups is 2. The molecule has 180 valence electrons. The topological polar surface area (TPSA) is 92.7 Å². The van der Waals surface area contributed by atoms with Gasteiger partial charge in [-0.3, -0.25) is 14.0 Å². The number of halogens is 1. The fourth-order valence-electron chi connectivity index (χ4n) is 4.60. The number of hydrogen-bond donors (Lipinski definition) is 2. The predicted octanol–water partition coefficient (Wildman–Crippen LogP) is 4.11. The van der Waals surface area contributed by atoms with Crippen molar-refractivity contribution in [1.29, 1.82) is 0 Å². The van der Waals surface area contributed by atoms with Crippen LogP contribution in [0.5, 0.6) is 0 Å². The summed E-state index contributed by atoms with van der Waals surface area (Å²) in [6.07, 6.45) is 4.40. The van der Waals surface area contributed by atoms with Crippen molar-refractivity contribution in [2.45, 2.75) is 45.1 Å². The highest BCUT2D eigenvalue weighted by Crippen LogP contribution is 2.25. The second-order valence-electron chi connectivity index (χ2n) is 9.51. The second-order valence-corrected chi connectivity index (χ2v) is 9.94. The number of amides is 2. The van der Waals surface area contributed by atoms with E-state index in [4.69, 9.17) is 17.3 Å². The molecule has 2 aromatic heterocycles. The van der Waals surface area contributed by atoms with Gasteiger partial charge in [0.05, 0.1) is 0 Å². The summed E-state index contributed by atoms with van der Waals surface area (Å²) in [5, 5.41) is 3.78. The highest BCUT2D eigenvalue weighted by Gasteiger charge is 2.25. The molecule has 7 nitrogen and oxygen atoms in total. The van der Waals surface area contributed by atoms with Crippen LogP contribution in [0.3, 0.4) is 0 Å². The zero-order valence-corrected chi connectivity index (χ0v) is 20.5. The molecular weight excluding hydrogens is 450 g/mol. The molecule has 0 aliphatic carbocycles. The van der Waals surface area contributed by atoms with E-state index in [1.165, 1.54) is 0 Å². The number of piperidine rings is 1. The molecule has 8 heteroatoms. The first-order chi connectivity index (χ1) is 16.3. The third kappa shape index (κ3) is 5.59. The summed E-state index contributed by atoms with van der Waals surface area (Å²) in [5.74, 6) is 0.296. The Morgan fingerprint density at radius 3 is 2.68 bits per heavy atom. The number of rotatable bonds is 7. The second kappa shape index (κ2) is 10.6. The molecule has 1 unspecified atom stereocenters. The van der Waals surface area contributed by atoms with Crippen LogP contribution in [-0.4, -0.2) is 51.8 Å². The molecule has 0 radical (unpaired) electrons. The van der Waals surface area contributed by atoms with E-state index in [1.54, 1.807) is 33.7 Å². The smallest absolute Gasteiger partial charge is 0.274 e. The first kappa shape index (κ1) is 24.2. The largest absolute Gasteiger partial charge is 0.350 e. The van der Waals surface area contributed by atoms with Gasteiger partial charge in [-0.25, -0.2) is 4.98 Å². The van der Waals surface area contributed by atoms with Crippen molar-refractivity contribution in [3.8, 4) is 0 Å². The molecule has 2 atom stereocenters. The summed E-state index contributed by atoms with van der Waals surface area (Å²) in [7, 11) is 0. The van der Waals surface area contributed by atoms with Crippen LogP contribution >= 0.6 is 11.6 Å². The fraction of sp³-hybridized carbons (Fsp3) is 0.423. The Balaban J connectivity index is 1.51. The average molecular weight is 482 g/mol. The number of pyridine rings is 1. The lowest BCUT2D eigenvalue weighted by Crippen LogP contribution is -2.45. The van der Waals surface area contributed by atoms with Crippen molar-refractivity contribution in [2.24, 2.45) is 11.7 Å². The number of benzene rings is 1. The number of carbonyl (C=O) groups excluding carboxylic acids is 2. The summed E-state index contributed by atoms with van der Waals surface area (Å²) in [4.78, 5) is 32.4. The molecule has 1 aromatic carbocycles. The molecule has 1 aliphatic rings. The van der Waals surface area contributed by atoms with Gasteiger partial charge in [0.15, 0.2) is 0 Å². The maximum atomic E-state index is 13.2. The Hall–Kier alpha value is -2.90. The molecule has 4 rings (SSSR count). The molecule has 2 amide bonds. The van der Waals surface area contributed by atoms with Crippen LogP contribution in [0.1, 0.15) is 65.6 Å². The van der Waals surface area contributed by atoms with Gasteiger partial charge in [-0.1, -0.05) is 43.6 Å². The van der Waals surface area contributed by atoms with E-state index in [0.29, 0.717) is 47.6 Å². The minimum Gasteiger partial charge on any atom is -0.350 e. The minimum atomic E-state index is -0.204. The van der Waals surface area contributed by atoms with Crippen LogP contribution in [0, 0.1) is 5.92 Å².